The summed E-state index contributed by atoms with van der Waals surface area (Å²) >= 11 is 11.2. The van der Waals surface area contributed by atoms with Crippen molar-refractivity contribution in [3.63, 3.8) is 0 Å². The van der Waals surface area contributed by atoms with Gasteiger partial charge in [0.15, 0.2) is 0 Å². The van der Waals surface area contributed by atoms with Crippen LogP contribution in [-0.4, -0.2) is 12.5 Å². The van der Waals surface area contributed by atoms with Crippen molar-refractivity contribution >= 4 is 23.2 Å². The van der Waals surface area contributed by atoms with Gasteiger partial charge in [-0.05, 0) is 6.07 Å². The molecule has 0 spiro atoms. The van der Waals surface area contributed by atoms with Crippen LogP contribution in [0.25, 0.3) is 0 Å². The van der Waals surface area contributed by atoms with Gasteiger partial charge in [0.2, 0.25) is 0 Å². The van der Waals surface area contributed by atoms with Crippen molar-refractivity contribution in [2.45, 2.75) is 5.88 Å². The van der Waals surface area contributed by atoms with Gasteiger partial charge in [-0.1, -0.05) is 18.2 Å². The van der Waals surface area contributed by atoms with E-state index in [-0.39, 0.29) is 0 Å². The van der Waals surface area contributed by atoms with Crippen LogP contribution >= 0.6 is 23.2 Å². The van der Waals surface area contributed by atoms with E-state index < -0.39 is 0 Å². The summed E-state index contributed by atoms with van der Waals surface area (Å²) < 4.78 is 5.36. The summed E-state index contributed by atoms with van der Waals surface area (Å²) in [5, 5.41) is 0. The first-order valence-electron chi connectivity index (χ1n) is 3.71. The topological polar surface area (TPSA) is 9.23 Å². The van der Waals surface area contributed by atoms with Crippen LogP contribution < -0.4 is 4.74 Å². The lowest BCUT2D eigenvalue weighted by Gasteiger charge is -2.07. The third-order valence-electron chi connectivity index (χ3n) is 1.45. The number of ether oxygens (including phenoxy) is 1. The number of halogens is 2. The van der Waals surface area contributed by atoms with Crippen LogP contribution in [0.1, 0.15) is 5.56 Å². The molecule has 0 aliphatic rings. The highest BCUT2D eigenvalue weighted by atomic mass is 35.5. The first kappa shape index (κ1) is 9.69. The molecule has 0 atom stereocenters. The monoisotopic (exact) mass is 204 g/mol. The smallest absolute Gasteiger partial charge is 0.123 e. The van der Waals surface area contributed by atoms with Crippen molar-refractivity contribution in [3.8, 4) is 5.75 Å². The largest absolute Gasteiger partial charge is 0.492 e. The second-order valence-corrected chi connectivity index (χ2v) is 2.92. The van der Waals surface area contributed by atoms with Gasteiger partial charge in [-0.15, -0.1) is 23.2 Å². The summed E-state index contributed by atoms with van der Waals surface area (Å²) in [6.45, 7) is 0.523. The van der Waals surface area contributed by atoms with E-state index in [1.54, 1.807) is 0 Å². The predicted molar refractivity (Wildman–Crippen MR) is 52.2 cm³/mol. The van der Waals surface area contributed by atoms with E-state index in [1.807, 2.05) is 24.3 Å². The molecule has 1 nitrogen and oxygen atoms in total. The number of hydrogen-bond acceptors (Lipinski definition) is 1. The molecule has 0 saturated heterocycles. The molecule has 0 aliphatic carbocycles. The van der Waals surface area contributed by atoms with Crippen LogP contribution in [0.3, 0.4) is 0 Å². The summed E-state index contributed by atoms with van der Waals surface area (Å²) in [5.74, 6) is 1.79. The highest BCUT2D eigenvalue weighted by Crippen LogP contribution is 2.19. The number of para-hydroxylation sites is 1. The van der Waals surface area contributed by atoms with Crippen molar-refractivity contribution in [1.82, 2.24) is 0 Å². The predicted octanol–water partition coefficient (Wildman–Crippen LogP) is 3.04. The van der Waals surface area contributed by atoms with E-state index in [1.165, 1.54) is 0 Å². The van der Waals surface area contributed by atoms with E-state index in [9.17, 15) is 0 Å². The average Bonchev–Trinajstić information content (AvgIpc) is 2.15. The molecule has 66 valence electrons. The van der Waals surface area contributed by atoms with E-state index >= 15 is 0 Å². The van der Waals surface area contributed by atoms with Gasteiger partial charge in [0, 0.05) is 5.56 Å². The van der Waals surface area contributed by atoms with Gasteiger partial charge in [-0.3, -0.25) is 0 Å². The Bertz CT molecular complexity index is 238. The van der Waals surface area contributed by atoms with Crippen LogP contribution in [0.15, 0.2) is 24.3 Å². The lowest BCUT2D eigenvalue weighted by Crippen LogP contribution is -1.99. The Morgan fingerprint density at radius 1 is 1.17 bits per heavy atom. The molecule has 3 heteroatoms. The molecule has 0 bridgehead atoms. The van der Waals surface area contributed by atoms with Gasteiger partial charge in [-0.2, -0.15) is 0 Å². The molecule has 0 saturated carbocycles. The first-order valence-corrected chi connectivity index (χ1v) is 4.78. The van der Waals surface area contributed by atoms with E-state index in [0.717, 1.165) is 11.3 Å². The Balaban J connectivity index is 2.68. The zero-order valence-corrected chi connectivity index (χ0v) is 8.11. The molecule has 0 aromatic heterocycles. The number of alkyl halides is 2. The average molecular weight is 205 g/mol. The molecule has 0 radical (unpaired) electrons. The van der Waals surface area contributed by atoms with E-state index in [2.05, 4.69) is 0 Å². The van der Waals surface area contributed by atoms with Gasteiger partial charge >= 0.3 is 0 Å². The Morgan fingerprint density at radius 3 is 2.58 bits per heavy atom. The highest BCUT2D eigenvalue weighted by Gasteiger charge is 1.99. The number of rotatable bonds is 4. The molecule has 1 aromatic rings. The minimum Gasteiger partial charge on any atom is -0.492 e. The molecule has 1 rings (SSSR count). The lowest BCUT2D eigenvalue weighted by atomic mass is 10.2. The summed E-state index contributed by atoms with van der Waals surface area (Å²) in [5.41, 5.74) is 1.00. The molecule has 1 aromatic carbocycles. The second kappa shape index (κ2) is 5.28. The lowest BCUT2D eigenvalue weighted by molar-refractivity contribution is 0.340. The minimum absolute atomic E-state index is 0.471. The maximum absolute atomic E-state index is 5.70. The molecule has 0 heterocycles. The van der Waals surface area contributed by atoms with Gasteiger partial charge in [0.25, 0.3) is 0 Å². The molecule has 0 amide bonds. The quantitative estimate of drug-likeness (QED) is 0.686. The molecule has 0 unspecified atom stereocenters. The minimum atomic E-state index is 0.471. The Labute approximate surface area is 82.2 Å². The van der Waals surface area contributed by atoms with Crippen LogP contribution in [0.2, 0.25) is 0 Å². The molecule has 0 N–H and O–H groups in total. The highest BCUT2D eigenvalue weighted by molar-refractivity contribution is 6.18. The molecule has 0 fully saturated rings. The van der Waals surface area contributed by atoms with Gasteiger partial charge in [0.1, 0.15) is 12.4 Å². The first-order chi connectivity index (χ1) is 5.88. The summed E-state index contributed by atoms with van der Waals surface area (Å²) in [6.07, 6.45) is 0. The van der Waals surface area contributed by atoms with E-state index in [4.69, 9.17) is 27.9 Å². The van der Waals surface area contributed by atoms with Gasteiger partial charge < -0.3 is 4.74 Å². The van der Waals surface area contributed by atoms with Crippen LogP contribution in [0, 0.1) is 0 Å². The number of benzene rings is 1. The van der Waals surface area contributed by atoms with Crippen molar-refractivity contribution in [2.24, 2.45) is 0 Å². The summed E-state index contributed by atoms with van der Waals surface area (Å²) in [4.78, 5) is 0. The Kier molecular flexibility index (Phi) is 4.26. The third-order valence-corrected chi connectivity index (χ3v) is 1.89. The summed E-state index contributed by atoms with van der Waals surface area (Å²) in [7, 11) is 0. The maximum atomic E-state index is 5.70. The van der Waals surface area contributed by atoms with Crippen molar-refractivity contribution in [1.29, 1.82) is 0 Å². The van der Waals surface area contributed by atoms with Crippen molar-refractivity contribution in [2.75, 3.05) is 12.5 Å². The fourth-order valence-electron chi connectivity index (χ4n) is 0.904. The SMILES string of the molecule is ClCCOc1ccccc1CCl. The van der Waals surface area contributed by atoms with E-state index in [0.29, 0.717) is 18.4 Å². The third kappa shape index (κ3) is 2.58. The molecule has 0 aliphatic heterocycles. The standard InChI is InChI=1S/C9H10Cl2O/c10-5-6-12-9-4-2-1-3-8(9)7-11/h1-4H,5-7H2. The Hall–Kier alpha value is -0.400. The zero-order valence-electron chi connectivity index (χ0n) is 6.59. The van der Waals surface area contributed by atoms with Crippen molar-refractivity contribution < 1.29 is 4.74 Å². The fraction of sp³-hybridized carbons (Fsp3) is 0.333. The Morgan fingerprint density at radius 2 is 1.92 bits per heavy atom. The van der Waals surface area contributed by atoms with Crippen LogP contribution in [0.4, 0.5) is 0 Å². The molecular weight excluding hydrogens is 195 g/mol. The van der Waals surface area contributed by atoms with Gasteiger partial charge in [-0.25, -0.2) is 0 Å². The maximum Gasteiger partial charge on any atom is 0.123 e. The van der Waals surface area contributed by atoms with Crippen LogP contribution in [-0.2, 0) is 5.88 Å². The number of hydrogen-bond donors (Lipinski definition) is 0. The van der Waals surface area contributed by atoms with Crippen LogP contribution in [0.5, 0.6) is 5.75 Å². The normalized spacial score (nSPS) is 9.83. The fourth-order valence-corrected chi connectivity index (χ4v) is 1.20. The van der Waals surface area contributed by atoms with Gasteiger partial charge in [0.05, 0.1) is 11.8 Å². The van der Waals surface area contributed by atoms with Crippen molar-refractivity contribution in [3.05, 3.63) is 29.8 Å². The molecular formula is C9H10Cl2O. The molecule has 12 heavy (non-hydrogen) atoms. The second-order valence-electron chi connectivity index (χ2n) is 2.28. The zero-order chi connectivity index (χ0) is 8.81. The summed E-state index contributed by atoms with van der Waals surface area (Å²) in [6, 6.07) is 7.69.